The molecule has 0 spiro atoms. The number of amides is 1. The van der Waals surface area contributed by atoms with Gasteiger partial charge in [0.05, 0.1) is 0 Å². The van der Waals surface area contributed by atoms with Gasteiger partial charge in [-0.3, -0.25) is 4.79 Å². The number of anilines is 4. The third kappa shape index (κ3) is 4.18. The van der Waals surface area contributed by atoms with Crippen LogP contribution in [0.4, 0.5) is 23.3 Å². The van der Waals surface area contributed by atoms with E-state index in [1.165, 1.54) is 18.3 Å². The lowest BCUT2D eigenvalue weighted by Gasteiger charge is -2.35. The highest BCUT2D eigenvalue weighted by Crippen LogP contribution is 2.20. The van der Waals surface area contributed by atoms with Crippen LogP contribution < -0.4 is 20.9 Å². The lowest BCUT2D eigenvalue weighted by Crippen LogP contribution is -2.47. The molecule has 9 heteroatoms. The number of hydrogen-bond donors (Lipinski definition) is 3. The van der Waals surface area contributed by atoms with Crippen molar-refractivity contribution in [2.45, 2.75) is 0 Å². The van der Waals surface area contributed by atoms with Crippen LogP contribution in [0.15, 0.2) is 54.9 Å². The Labute approximate surface area is 167 Å². The van der Waals surface area contributed by atoms with E-state index in [-0.39, 0.29) is 17.1 Å². The molecule has 1 fully saturated rings. The second-order valence-electron chi connectivity index (χ2n) is 6.63. The number of hydrogen-bond acceptors (Lipinski definition) is 8. The average Bonchev–Trinajstić information content (AvgIpc) is 2.76. The maximum Gasteiger partial charge on any atom is 0.260 e. The van der Waals surface area contributed by atoms with E-state index in [4.69, 9.17) is 5.73 Å². The van der Waals surface area contributed by atoms with Crippen molar-refractivity contribution in [3.63, 3.8) is 0 Å². The van der Waals surface area contributed by atoms with Gasteiger partial charge in [0.2, 0.25) is 5.95 Å². The summed E-state index contributed by atoms with van der Waals surface area (Å²) in [6.07, 6.45) is 3.23. The number of piperazine rings is 1. The zero-order chi connectivity index (χ0) is 20.2. The van der Waals surface area contributed by atoms with Gasteiger partial charge in [-0.2, -0.15) is 4.98 Å². The molecule has 0 saturated carbocycles. The third-order valence-electron chi connectivity index (χ3n) is 4.71. The van der Waals surface area contributed by atoms with E-state index in [9.17, 15) is 9.90 Å². The lowest BCUT2D eigenvalue weighted by atomic mass is 10.2. The van der Waals surface area contributed by atoms with E-state index < -0.39 is 5.91 Å². The van der Waals surface area contributed by atoms with E-state index in [1.807, 2.05) is 23.1 Å². The molecule has 0 bridgehead atoms. The first kappa shape index (κ1) is 18.5. The molecule has 3 heterocycles. The van der Waals surface area contributed by atoms with Gasteiger partial charge in [0, 0.05) is 44.3 Å². The molecule has 3 aromatic rings. The SMILES string of the molecule is Nc1nc(N2CCN(c3ccccn3)CC2)ncc1C(=O)Nc1ccc(O)cc1. The summed E-state index contributed by atoms with van der Waals surface area (Å²) in [5, 5.41) is 12.0. The number of rotatable bonds is 4. The van der Waals surface area contributed by atoms with Gasteiger partial charge < -0.3 is 26.0 Å². The first-order chi connectivity index (χ1) is 14.1. The van der Waals surface area contributed by atoms with E-state index in [2.05, 4.69) is 25.2 Å². The summed E-state index contributed by atoms with van der Waals surface area (Å²) in [5.41, 5.74) is 6.77. The van der Waals surface area contributed by atoms with E-state index >= 15 is 0 Å². The number of aromatic nitrogens is 3. The minimum atomic E-state index is -0.403. The number of carbonyl (C=O) groups is 1. The molecule has 1 aromatic carbocycles. The van der Waals surface area contributed by atoms with Crippen LogP contribution in [0.1, 0.15) is 10.4 Å². The number of nitrogen functional groups attached to an aromatic ring is 1. The smallest absolute Gasteiger partial charge is 0.260 e. The first-order valence-electron chi connectivity index (χ1n) is 9.24. The number of nitrogens with two attached hydrogens (primary N) is 1. The van der Waals surface area contributed by atoms with Gasteiger partial charge in [-0.25, -0.2) is 9.97 Å². The summed E-state index contributed by atoms with van der Waals surface area (Å²) in [5.74, 6) is 1.30. The molecule has 4 rings (SSSR count). The zero-order valence-corrected chi connectivity index (χ0v) is 15.7. The summed E-state index contributed by atoms with van der Waals surface area (Å²) in [6, 6.07) is 12.0. The van der Waals surface area contributed by atoms with Crippen molar-refractivity contribution in [3.8, 4) is 5.75 Å². The largest absolute Gasteiger partial charge is 0.508 e. The zero-order valence-electron chi connectivity index (χ0n) is 15.7. The molecule has 1 saturated heterocycles. The van der Waals surface area contributed by atoms with Crippen LogP contribution in [0.5, 0.6) is 5.75 Å². The Morgan fingerprint density at radius 3 is 2.38 bits per heavy atom. The average molecular weight is 391 g/mol. The highest BCUT2D eigenvalue weighted by molar-refractivity contribution is 6.07. The molecule has 1 aliphatic heterocycles. The van der Waals surface area contributed by atoms with E-state index in [0.717, 1.165) is 32.0 Å². The maximum absolute atomic E-state index is 12.4. The molecule has 1 amide bonds. The van der Waals surface area contributed by atoms with Crippen molar-refractivity contribution in [2.24, 2.45) is 0 Å². The molecule has 0 aliphatic carbocycles. The highest BCUT2D eigenvalue weighted by Gasteiger charge is 2.21. The Balaban J connectivity index is 1.41. The number of phenolic OH excluding ortho intramolecular Hbond substituents is 1. The van der Waals surface area contributed by atoms with Gasteiger partial charge >= 0.3 is 0 Å². The number of pyridine rings is 1. The normalized spacial score (nSPS) is 13.9. The van der Waals surface area contributed by atoms with Gasteiger partial charge in [0.25, 0.3) is 5.91 Å². The van der Waals surface area contributed by atoms with Crippen molar-refractivity contribution >= 4 is 29.2 Å². The fourth-order valence-electron chi connectivity index (χ4n) is 3.13. The van der Waals surface area contributed by atoms with Crippen molar-refractivity contribution < 1.29 is 9.90 Å². The third-order valence-corrected chi connectivity index (χ3v) is 4.71. The molecular weight excluding hydrogens is 370 g/mol. The van der Waals surface area contributed by atoms with Crippen LogP contribution in [0.2, 0.25) is 0 Å². The fourth-order valence-corrected chi connectivity index (χ4v) is 3.13. The lowest BCUT2D eigenvalue weighted by molar-refractivity contribution is 0.102. The fraction of sp³-hybridized carbons (Fsp3) is 0.200. The predicted molar refractivity (Wildman–Crippen MR) is 111 cm³/mol. The summed E-state index contributed by atoms with van der Waals surface area (Å²) in [6.45, 7) is 3.05. The first-order valence-corrected chi connectivity index (χ1v) is 9.24. The van der Waals surface area contributed by atoms with Crippen LogP contribution in [0.25, 0.3) is 0 Å². The van der Waals surface area contributed by atoms with Crippen molar-refractivity contribution in [3.05, 3.63) is 60.4 Å². The number of aromatic hydroxyl groups is 1. The van der Waals surface area contributed by atoms with Crippen LogP contribution in [-0.2, 0) is 0 Å². The van der Waals surface area contributed by atoms with Gasteiger partial charge in [0.15, 0.2) is 0 Å². The maximum atomic E-state index is 12.4. The van der Waals surface area contributed by atoms with Crippen molar-refractivity contribution in [2.75, 3.05) is 47.0 Å². The Morgan fingerprint density at radius 1 is 1.00 bits per heavy atom. The summed E-state index contributed by atoms with van der Waals surface area (Å²) in [7, 11) is 0. The van der Waals surface area contributed by atoms with Crippen molar-refractivity contribution in [1.29, 1.82) is 0 Å². The Morgan fingerprint density at radius 2 is 1.72 bits per heavy atom. The Kier molecular flexibility index (Phi) is 5.10. The Bertz CT molecular complexity index is 987. The molecule has 0 atom stereocenters. The molecule has 9 nitrogen and oxygen atoms in total. The van der Waals surface area contributed by atoms with E-state index in [0.29, 0.717) is 11.6 Å². The van der Waals surface area contributed by atoms with Crippen LogP contribution in [0.3, 0.4) is 0 Å². The number of nitrogens with one attached hydrogen (secondary N) is 1. The minimum Gasteiger partial charge on any atom is -0.508 e. The van der Waals surface area contributed by atoms with Gasteiger partial charge in [-0.05, 0) is 36.4 Å². The molecule has 29 heavy (non-hydrogen) atoms. The molecule has 0 unspecified atom stereocenters. The van der Waals surface area contributed by atoms with Gasteiger partial charge in [-0.1, -0.05) is 6.07 Å². The van der Waals surface area contributed by atoms with Crippen LogP contribution in [0, 0.1) is 0 Å². The summed E-state index contributed by atoms with van der Waals surface area (Å²) in [4.78, 5) is 29.7. The molecule has 1 aliphatic rings. The number of phenols is 1. The Hall–Kier alpha value is -3.88. The molecule has 2 aromatic heterocycles. The topological polar surface area (TPSA) is 121 Å². The quantitative estimate of drug-likeness (QED) is 0.575. The number of carbonyl (C=O) groups excluding carboxylic acids is 1. The second kappa shape index (κ2) is 8.01. The monoisotopic (exact) mass is 391 g/mol. The van der Waals surface area contributed by atoms with E-state index in [1.54, 1.807) is 18.3 Å². The highest BCUT2D eigenvalue weighted by atomic mass is 16.3. The second-order valence-corrected chi connectivity index (χ2v) is 6.63. The number of nitrogens with zero attached hydrogens (tertiary/aromatic N) is 5. The molecular formula is C20H21N7O2. The summed E-state index contributed by atoms with van der Waals surface area (Å²) >= 11 is 0. The van der Waals surface area contributed by atoms with Gasteiger partial charge in [-0.15, -0.1) is 0 Å². The molecule has 4 N–H and O–H groups in total. The van der Waals surface area contributed by atoms with Crippen LogP contribution >= 0.6 is 0 Å². The predicted octanol–water partition coefficient (Wildman–Crippen LogP) is 1.74. The van der Waals surface area contributed by atoms with Crippen LogP contribution in [-0.4, -0.2) is 52.1 Å². The molecule has 0 radical (unpaired) electrons. The van der Waals surface area contributed by atoms with Crippen molar-refractivity contribution in [1.82, 2.24) is 15.0 Å². The minimum absolute atomic E-state index is 0.123. The molecule has 148 valence electrons. The number of benzene rings is 1. The summed E-state index contributed by atoms with van der Waals surface area (Å²) < 4.78 is 0. The van der Waals surface area contributed by atoms with Gasteiger partial charge in [0.1, 0.15) is 22.9 Å². The standard InChI is InChI=1S/C20H21N7O2/c21-18-16(19(29)24-14-4-6-15(28)7-5-14)13-23-20(25-18)27-11-9-26(10-12-27)17-3-1-2-8-22-17/h1-8,13,28H,9-12H2,(H,24,29)(H2,21,23,25).